The van der Waals surface area contributed by atoms with E-state index in [0.717, 1.165) is 43.1 Å². The number of carbonyl (C=O) groups is 1. The maximum absolute atomic E-state index is 13.3. The van der Waals surface area contributed by atoms with Crippen molar-refractivity contribution in [1.29, 1.82) is 0 Å². The van der Waals surface area contributed by atoms with Crippen molar-refractivity contribution in [3.8, 4) is 0 Å². The summed E-state index contributed by atoms with van der Waals surface area (Å²) in [4.78, 5) is 14.5. The average molecular weight is 382 g/mol. The Hall–Kier alpha value is -2.86. The molecule has 0 saturated heterocycles. The summed E-state index contributed by atoms with van der Waals surface area (Å²) in [7, 11) is 0. The Morgan fingerprint density at radius 2 is 1.93 bits per heavy atom. The van der Waals surface area contributed by atoms with E-state index in [1.54, 1.807) is 12.3 Å². The Labute approximate surface area is 165 Å². The molecular formula is C22H27FN4O. The van der Waals surface area contributed by atoms with Gasteiger partial charge in [0.1, 0.15) is 5.82 Å². The van der Waals surface area contributed by atoms with E-state index in [9.17, 15) is 9.18 Å². The molecule has 1 heterocycles. The third-order valence-corrected chi connectivity index (χ3v) is 5.01. The second-order valence-corrected chi connectivity index (χ2v) is 6.83. The molecule has 28 heavy (non-hydrogen) atoms. The summed E-state index contributed by atoms with van der Waals surface area (Å²) in [5, 5.41) is 9.34. The molecule has 0 bridgehead atoms. The molecule has 0 fully saturated rings. The quantitative estimate of drug-likeness (QED) is 0.596. The van der Waals surface area contributed by atoms with Gasteiger partial charge in [0.05, 0.1) is 11.3 Å². The number of rotatable bonds is 8. The molecule has 0 unspecified atom stereocenters. The highest BCUT2D eigenvalue weighted by atomic mass is 19.1. The van der Waals surface area contributed by atoms with Crippen LogP contribution in [0.3, 0.4) is 0 Å². The number of nitrogens with one attached hydrogen (secondary N) is 3. The van der Waals surface area contributed by atoms with Gasteiger partial charge in [0.15, 0.2) is 0 Å². The van der Waals surface area contributed by atoms with Gasteiger partial charge in [-0.2, -0.15) is 0 Å². The molecule has 2 aromatic rings. The predicted octanol–water partition coefficient (Wildman–Crippen LogP) is 4.29. The number of nitrogens with zero attached hydrogens (tertiary/aromatic N) is 1. The summed E-state index contributed by atoms with van der Waals surface area (Å²) in [6, 6.07) is 10.4. The van der Waals surface area contributed by atoms with Gasteiger partial charge in [0, 0.05) is 36.2 Å². The number of fused-ring (bicyclic) bond motifs is 1. The molecule has 1 aliphatic rings. The number of benzene rings is 2. The van der Waals surface area contributed by atoms with Gasteiger partial charge in [-0.3, -0.25) is 4.79 Å². The lowest BCUT2D eigenvalue weighted by atomic mass is 10.1. The first-order valence-corrected chi connectivity index (χ1v) is 9.66. The first-order chi connectivity index (χ1) is 13.5. The van der Waals surface area contributed by atoms with Gasteiger partial charge in [-0.15, -0.1) is 0 Å². The molecule has 0 aromatic heterocycles. The average Bonchev–Trinajstić information content (AvgIpc) is 2.99. The van der Waals surface area contributed by atoms with Crippen LogP contribution >= 0.6 is 0 Å². The summed E-state index contributed by atoms with van der Waals surface area (Å²) in [6.07, 6.45) is 1.67. The second kappa shape index (κ2) is 8.89. The first kappa shape index (κ1) is 19.9. The Morgan fingerprint density at radius 1 is 1.14 bits per heavy atom. The van der Waals surface area contributed by atoms with Crippen LogP contribution in [0.5, 0.6) is 0 Å². The zero-order valence-electron chi connectivity index (χ0n) is 16.6. The van der Waals surface area contributed by atoms with Crippen molar-refractivity contribution in [3.63, 3.8) is 0 Å². The van der Waals surface area contributed by atoms with Crippen LogP contribution in [0.15, 0.2) is 42.6 Å². The maximum atomic E-state index is 13.3. The minimum absolute atomic E-state index is 0.237. The molecule has 0 saturated carbocycles. The smallest absolute Gasteiger partial charge is 0.257 e. The Balaban J connectivity index is 1.65. The van der Waals surface area contributed by atoms with Crippen molar-refractivity contribution in [3.05, 3.63) is 59.5 Å². The SMILES string of the molecule is CCN(CC)CCNc1ccc(NC=C2C(=O)Nc3cc(F)ccc32)cc1C. The highest BCUT2D eigenvalue weighted by Crippen LogP contribution is 2.32. The van der Waals surface area contributed by atoms with Crippen LogP contribution in [0.4, 0.5) is 21.5 Å². The van der Waals surface area contributed by atoms with Crippen molar-refractivity contribution in [2.75, 3.05) is 42.1 Å². The molecule has 148 valence electrons. The number of aryl methyl sites for hydroxylation is 1. The van der Waals surface area contributed by atoms with E-state index in [4.69, 9.17) is 0 Å². The van der Waals surface area contributed by atoms with Gasteiger partial charge in [-0.05, 0) is 62.0 Å². The molecule has 0 atom stereocenters. The molecule has 3 N–H and O–H groups in total. The van der Waals surface area contributed by atoms with Crippen molar-refractivity contribution in [2.24, 2.45) is 0 Å². The first-order valence-electron chi connectivity index (χ1n) is 9.66. The van der Waals surface area contributed by atoms with Crippen molar-refractivity contribution in [2.45, 2.75) is 20.8 Å². The summed E-state index contributed by atoms with van der Waals surface area (Å²) < 4.78 is 13.3. The van der Waals surface area contributed by atoms with E-state index in [1.165, 1.54) is 12.1 Å². The van der Waals surface area contributed by atoms with E-state index in [2.05, 4.69) is 41.6 Å². The molecule has 6 heteroatoms. The fraction of sp³-hybridized carbons (Fsp3) is 0.318. The number of halogens is 1. The van der Waals surface area contributed by atoms with Crippen molar-refractivity contribution < 1.29 is 9.18 Å². The molecular weight excluding hydrogens is 355 g/mol. The van der Waals surface area contributed by atoms with E-state index in [-0.39, 0.29) is 11.7 Å². The largest absolute Gasteiger partial charge is 0.384 e. The van der Waals surface area contributed by atoms with Gasteiger partial charge in [-0.1, -0.05) is 13.8 Å². The molecule has 3 rings (SSSR count). The van der Waals surface area contributed by atoms with Crippen molar-refractivity contribution in [1.82, 2.24) is 4.90 Å². The topological polar surface area (TPSA) is 56.4 Å². The van der Waals surface area contributed by atoms with E-state index in [1.807, 2.05) is 18.2 Å². The summed E-state index contributed by atoms with van der Waals surface area (Å²) in [5.41, 5.74) is 4.81. The fourth-order valence-corrected chi connectivity index (χ4v) is 3.31. The maximum Gasteiger partial charge on any atom is 0.257 e. The van der Waals surface area contributed by atoms with Gasteiger partial charge in [0.25, 0.3) is 5.91 Å². The monoisotopic (exact) mass is 382 g/mol. The lowest BCUT2D eigenvalue weighted by molar-refractivity contribution is -0.110. The van der Waals surface area contributed by atoms with Crippen LogP contribution in [-0.2, 0) is 4.79 Å². The highest BCUT2D eigenvalue weighted by molar-refractivity contribution is 6.31. The van der Waals surface area contributed by atoms with Crippen LogP contribution in [-0.4, -0.2) is 37.0 Å². The van der Waals surface area contributed by atoms with Crippen LogP contribution in [0.2, 0.25) is 0 Å². The molecule has 1 amide bonds. The van der Waals surface area contributed by atoms with Crippen LogP contribution in [0.25, 0.3) is 5.57 Å². The van der Waals surface area contributed by atoms with E-state index >= 15 is 0 Å². The molecule has 0 aliphatic carbocycles. The van der Waals surface area contributed by atoms with Gasteiger partial charge >= 0.3 is 0 Å². The summed E-state index contributed by atoms with van der Waals surface area (Å²) in [5.74, 6) is -0.604. The lowest BCUT2D eigenvalue weighted by Crippen LogP contribution is -2.28. The summed E-state index contributed by atoms with van der Waals surface area (Å²) >= 11 is 0. The van der Waals surface area contributed by atoms with Crippen LogP contribution < -0.4 is 16.0 Å². The van der Waals surface area contributed by atoms with E-state index < -0.39 is 0 Å². The minimum Gasteiger partial charge on any atom is -0.384 e. The second-order valence-electron chi connectivity index (χ2n) is 6.83. The molecule has 1 aliphatic heterocycles. The predicted molar refractivity (Wildman–Crippen MR) is 114 cm³/mol. The Kier molecular flexibility index (Phi) is 6.31. The molecule has 2 aromatic carbocycles. The third-order valence-electron chi connectivity index (χ3n) is 5.01. The number of amides is 1. The zero-order chi connectivity index (χ0) is 20.1. The van der Waals surface area contributed by atoms with Crippen molar-refractivity contribution >= 4 is 28.5 Å². The molecule has 0 radical (unpaired) electrons. The zero-order valence-corrected chi connectivity index (χ0v) is 16.6. The Bertz CT molecular complexity index is 890. The minimum atomic E-state index is -0.368. The van der Waals surface area contributed by atoms with Gasteiger partial charge in [0.2, 0.25) is 0 Å². The highest BCUT2D eigenvalue weighted by Gasteiger charge is 2.24. The fourth-order valence-electron chi connectivity index (χ4n) is 3.31. The van der Waals surface area contributed by atoms with E-state index in [0.29, 0.717) is 16.8 Å². The normalized spacial score (nSPS) is 14.3. The van der Waals surface area contributed by atoms with Gasteiger partial charge in [-0.25, -0.2) is 4.39 Å². The Morgan fingerprint density at radius 3 is 2.64 bits per heavy atom. The molecule has 5 nitrogen and oxygen atoms in total. The summed E-state index contributed by atoms with van der Waals surface area (Å²) in [6.45, 7) is 10.4. The lowest BCUT2D eigenvalue weighted by Gasteiger charge is -2.19. The number of anilines is 3. The number of likely N-dealkylation sites (N-methyl/N-ethyl adjacent to an activating group) is 1. The number of hydrogen-bond donors (Lipinski definition) is 3. The van der Waals surface area contributed by atoms with Crippen LogP contribution in [0, 0.1) is 12.7 Å². The molecule has 0 spiro atoms. The van der Waals surface area contributed by atoms with Gasteiger partial charge < -0.3 is 20.9 Å². The third kappa shape index (κ3) is 4.51. The number of hydrogen-bond acceptors (Lipinski definition) is 4. The van der Waals surface area contributed by atoms with Crippen LogP contribution in [0.1, 0.15) is 25.0 Å². The standard InChI is InChI=1S/C22H27FN4O/c1-4-27(5-2)11-10-24-20-9-7-17(12-15(20)3)25-14-19-18-8-6-16(23)13-21(18)26-22(19)28/h6-9,12-14,24-25H,4-5,10-11H2,1-3H3,(H,26,28). The number of carbonyl (C=O) groups excluding carboxylic acids is 1.